The first-order valence-corrected chi connectivity index (χ1v) is 12.8. The number of hydrogen-bond acceptors (Lipinski definition) is 5. The fourth-order valence-electron chi connectivity index (χ4n) is 7.46. The highest BCUT2D eigenvalue weighted by molar-refractivity contribution is 6.35. The average Bonchev–Trinajstić information content (AvgIpc) is 3.63. The third-order valence-electron chi connectivity index (χ3n) is 8.75. The second-order valence-electron chi connectivity index (χ2n) is 10.1. The first kappa shape index (κ1) is 22.5. The van der Waals surface area contributed by atoms with Crippen molar-refractivity contribution >= 4 is 40.6 Å². The van der Waals surface area contributed by atoms with E-state index < -0.39 is 16.9 Å². The Morgan fingerprint density at radius 2 is 1.73 bits per heavy atom. The first-order chi connectivity index (χ1) is 17.9. The van der Waals surface area contributed by atoms with Gasteiger partial charge in [-0.3, -0.25) is 19.3 Å². The summed E-state index contributed by atoms with van der Waals surface area (Å²) in [6, 6.07) is 19.5. The number of benzene rings is 3. The minimum absolute atomic E-state index is 0.238. The molecule has 0 aliphatic carbocycles. The van der Waals surface area contributed by atoms with Crippen molar-refractivity contribution in [1.82, 2.24) is 4.90 Å². The topological polar surface area (TPSA) is 87.7 Å². The molecule has 0 saturated carbocycles. The van der Waals surface area contributed by atoms with Gasteiger partial charge in [-0.1, -0.05) is 41.9 Å². The molecule has 4 unspecified atom stereocenters. The standard InChI is InChI=1S/C29H24ClN3O4/c1-37-17-13-11-16(12-14-17)24(34)25-28(18-6-2-3-9-21(18)31-26(28)35)22-10-5-15-33(22)29(25)19-7-4-8-20(30)23(19)32-27(29)36/h2-4,6-9,11-14,22,25H,5,10,15H2,1H3,(H,31,35)(H,32,36). The van der Waals surface area contributed by atoms with E-state index >= 15 is 0 Å². The third-order valence-corrected chi connectivity index (χ3v) is 9.06. The van der Waals surface area contributed by atoms with E-state index in [1.165, 1.54) is 0 Å². The molecule has 186 valence electrons. The number of methoxy groups -OCH3 is 1. The highest BCUT2D eigenvalue weighted by Gasteiger charge is 2.78. The molecule has 3 aromatic carbocycles. The molecule has 2 fully saturated rings. The molecule has 2 saturated heterocycles. The minimum Gasteiger partial charge on any atom is -0.497 e. The van der Waals surface area contributed by atoms with E-state index in [1.54, 1.807) is 43.5 Å². The average molecular weight is 514 g/mol. The largest absolute Gasteiger partial charge is 0.497 e. The number of fused-ring (bicyclic) bond motifs is 7. The number of rotatable bonds is 3. The predicted molar refractivity (Wildman–Crippen MR) is 139 cm³/mol. The van der Waals surface area contributed by atoms with Crippen LogP contribution < -0.4 is 15.4 Å². The predicted octanol–water partition coefficient (Wildman–Crippen LogP) is 4.36. The molecular formula is C29H24ClN3O4. The van der Waals surface area contributed by atoms with Gasteiger partial charge in [0.2, 0.25) is 11.8 Å². The summed E-state index contributed by atoms with van der Waals surface area (Å²) < 4.78 is 5.30. The molecule has 8 heteroatoms. The van der Waals surface area contributed by atoms with Crippen LogP contribution in [0.2, 0.25) is 5.02 Å². The van der Waals surface area contributed by atoms with E-state index in [-0.39, 0.29) is 23.6 Å². The number of amides is 2. The highest BCUT2D eigenvalue weighted by Crippen LogP contribution is 2.66. The lowest BCUT2D eigenvalue weighted by atomic mass is 9.60. The summed E-state index contributed by atoms with van der Waals surface area (Å²) in [6.07, 6.45) is 1.51. The van der Waals surface area contributed by atoms with Gasteiger partial charge >= 0.3 is 0 Å². The lowest BCUT2D eigenvalue weighted by molar-refractivity contribution is -0.128. The molecule has 3 aromatic rings. The molecule has 4 heterocycles. The van der Waals surface area contributed by atoms with Crippen molar-refractivity contribution in [2.45, 2.75) is 29.8 Å². The number of carbonyl (C=O) groups excluding carboxylic acids is 3. The zero-order valence-corrected chi connectivity index (χ0v) is 20.8. The summed E-state index contributed by atoms with van der Waals surface area (Å²) in [5.41, 5.74) is 0.413. The lowest BCUT2D eigenvalue weighted by Crippen LogP contribution is -2.55. The molecule has 2 spiro atoms. The van der Waals surface area contributed by atoms with Gasteiger partial charge in [-0.15, -0.1) is 0 Å². The Morgan fingerprint density at radius 3 is 2.51 bits per heavy atom. The number of carbonyl (C=O) groups is 3. The quantitative estimate of drug-likeness (QED) is 0.508. The number of halogens is 1. The number of hydrogen-bond donors (Lipinski definition) is 2. The summed E-state index contributed by atoms with van der Waals surface area (Å²) >= 11 is 6.57. The van der Waals surface area contributed by atoms with Crippen LogP contribution in [0, 0.1) is 5.92 Å². The Balaban J connectivity index is 1.56. The smallest absolute Gasteiger partial charge is 0.250 e. The molecule has 0 radical (unpaired) electrons. The van der Waals surface area contributed by atoms with E-state index in [0.29, 0.717) is 46.2 Å². The van der Waals surface area contributed by atoms with Gasteiger partial charge in [0.05, 0.1) is 23.7 Å². The fraction of sp³-hybridized carbons (Fsp3) is 0.276. The van der Waals surface area contributed by atoms with Crippen LogP contribution in [0.15, 0.2) is 66.7 Å². The van der Waals surface area contributed by atoms with Gasteiger partial charge in [-0.2, -0.15) is 0 Å². The van der Waals surface area contributed by atoms with Crippen LogP contribution in [-0.4, -0.2) is 42.2 Å². The van der Waals surface area contributed by atoms with E-state index in [2.05, 4.69) is 15.5 Å². The molecule has 4 atom stereocenters. The number of anilines is 2. The van der Waals surface area contributed by atoms with Crippen LogP contribution in [0.1, 0.15) is 34.3 Å². The molecule has 0 bridgehead atoms. The normalized spacial score (nSPS) is 29.2. The van der Waals surface area contributed by atoms with Crippen molar-refractivity contribution < 1.29 is 19.1 Å². The summed E-state index contributed by atoms with van der Waals surface area (Å²) in [5, 5.41) is 6.46. The second-order valence-corrected chi connectivity index (χ2v) is 10.5. The summed E-state index contributed by atoms with van der Waals surface area (Å²) in [5.74, 6) is -1.21. The zero-order chi connectivity index (χ0) is 25.5. The maximum atomic E-state index is 14.7. The van der Waals surface area contributed by atoms with Crippen LogP contribution in [0.4, 0.5) is 11.4 Å². The molecule has 7 nitrogen and oxygen atoms in total. The Hall–Kier alpha value is -3.68. The van der Waals surface area contributed by atoms with Crippen LogP contribution in [0.3, 0.4) is 0 Å². The highest BCUT2D eigenvalue weighted by atomic mass is 35.5. The van der Waals surface area contributed by atoms with Crippen molar-refractivity contribution in [3.05, 3.63) is 88.4 Å². The van der Waals surface area contributed by atoms with Gasteiger partial charge in [-0.05, 0) is 61.3 Å². The Labute approximate surface area is 218 Å². The Bertz CT molecular complexity index is 1510. The summed E-state index contributed by atoms with van der Waals surface area (Å²) in [4.78, 5) is 45.3. The van der Waals surface area contributed by atoms with Gasteiger partial charge < -0.3 is 15.4 Å². The first-order valence-electron chi connectivity index (χ1n) is 12.4. The fourth-order valence-corrected chi connectivity index (χ4v) is 7.68. The maximum absolute atomic E-state index is 14.7. The molecule has 37 heavy (non-hydrogen) atoms. The van der Waals surface area contributed by atoms with Crippen molar-refractivity contribution in [2.24, 2.45) is 5.92 Å². The van der Waals surface area contributed by atoms with E-state index in [0.717, 1.165) is 12.0 Å². The summed E-state index contributed by atoms with van der Waals surface area (Å²) in [7, 11) is 1.57. The number of ketones is 1. The van der Waals surface area contributed by atoms with Crippen molar-refractivity contribution in [1.29, 1.82) is 0 Å². The van der Waals surface area contributed by atoms with Crippen LogP contribution >= 0.6 is 11.6 Å². The Kier molecular flexibility index (Phi) is 4.66. The van der Waals surface area contributed by atoms with Crippen molar-refractivity contribution in [3.63, 3.8) is 0 Å². The van der Waals surface area contributed by atoms with E-state index in [9.17, 15) is 14.4 Å². The van der Waals surface area contributed by atoms with Gasteiger partial charge in [0, 0.05) is 22.9 Å². The number of nitrogens with one attached hydrogen (secondary N) is 2. The number of ether oxygens (including phenoxy) is 1. The molecule has 4 aliphatic heterocycles. The molecule has 2 amide bonds. The van der Waals surface area contributed by atoms with Gasteiger partial charge in [0.1, 0.15) is 16.7 Å². The second kappa shape index (κ2) is 7.66. The van der Waals surface area contributed by atoms with Crippen molar-refractivity contribution in [2.75, 3.05) is 24.3 Å². The van der Waals surface area contributed by atoms with Crippen LogP contribution in [-0.2, 0) is 20.5 Å². The number of nitrogens with zero attached hydrogens (tertiary/aromatic N) is 1. The van der Waals surface area contributed by atoms with Crippen molar-refractivity contribution in [3.8, 4) is 5.75 Å². The molecule has 2 N–H and O–H groups in total. The molecular weight excluding hydrogens is 490 g/mol. The monoisotopic (exact) mass is 513 g/mol. The molecule has 0 aromatic heterocycles. The van der Waals surface area contributed by atoms with Crippen LogP contribution in [0.5, 0.6) is 5.75 Å². The Morgan fingerprint density at radius 1 is 0.973 bits per heavy atom. The van der Waals surface area contributed by atoms with E-state index in [4.69, 9.17) is 16.3 Å². The van der Waals surface area contributed by atoms with Crippen LogP contribution in [0.25, 0.3) is 0 Å². The number of Topliss-reactive ketones (excluding diaryl/α,β-unsaturated/α-hetero) is 1. The zero-order valence-electron chi connectivity index (χ0n) is 20.1. The minimum atomic E-state index is -1.38. The summed E-state index contributed by atoms with van der Waals surface area (Å²) in [6.45, 7) is 0.591. The lowest BCUT2D eigenvalue weighted by Gasteiger charge is -2.38. The van der Waals surface area contributed by atoms with Gasteiger partial charge in [0.25, 0.3) is 0 Å². The van der Waals surface area contributed by atoms with Gasteiger partial charge in [0.15, 0.2) is 5.78 Å². The van der Waals surface area contributed by atoms with E-state index in [1.807, 2.05) is 30.3 Å². The molecule has 7 rings (SSSR count). The maximum Gasteiger partial charge on any atom is 0.250 e. The SMILES string of the molecule is COc1ccc(C(=O)C2C3(C(=O)Nc4ccccc43)C3CCCN3C23C(=O)Nc2c(Cl)cccc23)cc1. The van der Waals surface area contributed by atoms with Gasteiger partial charge in [-0.25, -0.2) is 0 Å². The molecule has 4 aliphatic rings. The number of para-hydroxylation sites is 2. The third kappa shape index (κ3) is 2.58.